The lowest BCUT2D eigenvalue weighted by Gasteiger charge is -2.19. The molecule has 2 aromatic heterocycles. The lowest BCUT2D eigenvalue weighted by atomic mass is 10.1. The van der Waals surface area contributed by atoms with Crippen molar-refractivity contribution in [2.75, 3.05) is 32.8 Å². The summed E-state index contributed by atoms with van der Waals surface area (Å²) in [5.74, 6) is 4.04. The Kier molecular flexibility index (Phi) is 4.51. The molecule has 30 heavy (non-hydrogen) atoms. The molecule has 0 bridgehead atoms. The molecule has 1 N–H and O–H groups in total. The number of ether oxygens (including phenoxy) is 4. The minimum Gasteiger partial charge on any atom is -0.496 e. The maximum atomic E-state index is 5.72. The quantitative estimate of drug-likeness (QED) is 0.540. The van der Waals surface area contributed by atoms with E-state index in [-0.39, 0.29) is 0 Å². The van der Waals surface area contributed by atoms with Gasteiger partial charge < -0.3 is 24.3 Å². The van der Waals surface area contributed by atoms with Gasteiger partial charge in [-0.25, -0.2) is 9.97 Å². The number of rotatable bonds is 5. The molecule has 0 saturated heterocycles. The van der Waals surface area contributed by atoms with E-state index < -0.39 is 0 Å². The van der Waals surface area contributed by atoms with Crippen LogP contribution in [0.2, 0.25) is 0 Å². The average molecular weight is 404 g/mol. The third-order valence-corrected chi connectivity index (χ3v) is 4.87. The van der Waals surface area contributed by atoms with Crippen molar-refractivity contribution in [2.24, 2.45) is 0 Å². The number of anilines is 2. The van der Waals surface area contributed by atoms with Gasteiger partial charge >= 0.3 is 0 Å². The van der Waals surface area contributed by atoms with Crippen LogP contribution < -0.4 is 24.3 Å². The highest BCUT2D eigenvalue weighted by atomic mass is 16.6. The number of methoxy groups -OCH3 is 2. The summed E-state index contributed by atoms with van der Waals surface area (Å²) >= 11 is 0. The van der Waals surface area contributed by atoms with Gasteiger partial charge in [0.2, 0.25) is 5.78 Å². The van der Waals surface area contributed by atoms with E-state index >= 15 is 0 Å². The molecule has 0 saturated carbocycles. The summed E-state index contributed by atoms with van der Waals surface area (Å²) in [4.78, 5) is 9.15. The van der Waals surface area contributed by atoms with E-state index in [1.54, 1.807) is 20.4 Å². The van der Waals surface area contributed by atoms with Gasteiger partial charge in [0.1, 0.15) is 36.2 Å². The lowest BCUT2D eigenvalue weighted by Crippen LogP contribution is -2.15. The molecule has 2 aromatic carbocycles. The van der Waals surface area contributed by atoms with Gasteiger partial charge in [0.05, 0.1) is 19.8 Å². The highest BCUT2D eigenvalue weighted by molar-refractivity contribution is 5.86. The molecule has 152 valence electrons. The summed E-state index contributed by atoms with van der Waals surface area (Å²) in [7, 11) is 3.25. The van der Waals surface area contributed by atoms with Gasteiger partial charge in [-0.2, -0.15) is 0 Å². The summed E-state index contributed by atoms with van der Waals surface area (Å²) in [6.07, 6.45) is 3.61. The van der Waals surface area contributed by atoms with Gasteiger partial charge in [0, 0.05) is 24.1 Å². The van der Waals surface area contributed by atoms with E-state index in [0.717, 1.165) is 22.8 Å². The molecule has 5 rings (SSSR count). The molecule has 0 fully saturated rings. The Balaban J connectivity index is 1.68. The van der Waals surface area contributed by atoms with Gasteiger partial charge in [0.25, 0.3) is 0 Å². The van der Waals surface area contributed by atoms with Gasteiger partial charge in [-0.05, 0) is 30.3 Å². The molecule has 0 amide bonds. The van der Waals surface area contributed by atoms with E-state index in [9.17, 15) is 0 Å². The lowest BCUT2D eigenvalue weighted by molar-refractivity contribution is 0.171. The van der Waals surface area contributed by atoms with E-state index in [0.29, 0.717) is 41.9 Å². The first-order valence-electron chi connectivity index (χ1n) is 9.49. The normalized spacial score (nSPS) is 12.6. The standard InChI is InChI=1S/C22H20N4O4/c1-27-16-5-3-6-17(28-2)19(16)20-21(26-10-4-9-23-22(26)25-20)24-14-7-8-15-18(13-14)30-12-11-29-15/h3-10,13,24H,11-12H2,1-2H3. The molecule has 0 aliphatic carbocycles. The zero-order valence-corrected chi connectivity index (χ0v) is 16.6. The van der Waals surface area contributed by atoms with E-state index in [1.807, 2.05) is 53.1 Å². The zero-order valence-electron chi connectivity index (χ0n) is 16.6. The van der Waals surface area contributed by atoms with Crippen molar-refractivity contribution < 1.29 is 18.9 Å². The van der Waals surface area contributed by atoms with Crippen molar-refractivity contribution in [3.63, 3.8) is 0 Å². The maximum Gasteiger partial charge on any atom is 0.235 e. The molecule has 0 unspecified atom stereocenters. The molecular weight excluding hydrogens is 384 g/mol. The van der Waals surface area contributed by atoms with Crippen molar-refractivity contribution in [3.8, 4) is 34.3 Å². The van der Waals surface area contributed by atoms with Gasteiger partial charge in [-0.15, -0.1) is 0 Å². The number of hydrogen-bond donors (Lipinski definition) is 1. The third kappa shape index (κ3) is 3.02. The summed E-state index contributed by atoms with van der Waals surface area (Å²) in [5, 5.41) is 3.46. The summed E-state index contributed by atoms with van der Waals surface area (Å²) in [5.41, 5.74) is 2.24. The Labute approximate surface area is 173 Å². The second-order valence-electron chi connectivity index (χ2n) is 6.62. The van der Waals surface area contributed by atoms with Crippen molar-refractivity contribution in [1.82, 2.24) is 14.4 Å². The first-order chi connectivity index (χ1) is 14.8. The van der Waals surface area contributed by atoms with Crippen LogP contribution in [0.1, 0.15) is 0 Å². The second-order valence-corrected chi connectivity index (χ2v) is 6.62. The number of aromatic nitrogens is 3. The third-order valence-electron chi connectivity index (χ3n) is 4.87. The van der Waals surface area contributed by atoms with Crippen LogP contribution in [0.4, 0.5) is 11.5 Å². The van der Waals surface area contributed by atoms with Crippen LogP contribution in [-0.2, 0) is 0 Å². The van der Waals surface area contributed by atoms with Gasteiger partial charge in [0.15, 0.2) is 11.5 Å². The number of benzene rings is 2. The smallest absolute Gasteiger partial charge is 0.235 e. The SMILES string of the molecule is COc1cccc(OC)c1-c1nc2ncccn2c1Nc1ccc2c(c1)OCCO2. The Hall–Kier alpha value is -3.94. The van der Waals surface area contributed by atoms with E-state index in [4.69, 9.17) is 23.9 Å². The Morgan fingerprint density at radius 2 is 1.73 bits per heavy atom. The summed E-state index contributed by atoms with van der Waals surface area (Å²) in [6, 6.07) is 13.2. The molecule has 8 nitrogen and oxygen atoms in total. The number of nitrogens with one attached hydrogen (secondary N) is 1. The highest BCUT2D eigenvalue weighted by Gasteiger charge is 2.22. The van der Waals surface area contributed by atoms with E-state index in [2.05, 4.69) is 10.3 Å². The van der Waals surface area contributed by atoms with Gasteiger partial charge in [-0.1, -0.05) is 6.07 Å². The Morgan fingerprint density at radius 3 is 2.50 bits per heavy atom. The van der Waals surface area contributed by atoms with Crippen LogP contribution in [0.3, 0.4) is 0 Å². The van der Waals surface area contributed by atoms with Crippen LogP contribution in [0.15, 0.2) is 54.9 Å². The number of hydrogen-bond acceptors (Lipinski definition) is 7. The highest BCUT2D eigenvalue weighted by Crippen LogP contribution is 2.42. The second kappa shape index (κ2) is 7.47. The predicted octanol–water partition coefficient (Wildman–Crippen LogP) is 3.93. The van der Waals surface area contributed by atoms with Crippen molar-refractivity contribution in [3.05, 3.63) is 54.9 Å². The van der Waals surface area contributed by atoms with Crippen LogP contribution >= 0.6 is 0 Å². The van der Waals surface area contributed by atoms with Crippen LogP contribution in [-0.4, -0.2) is 41.8 Å². The van der Waals surface area contributed by atoms with Gasteiger partial charge in [-0.3, -0.25) is 4.40 Å². The number of fused-ring (bicyclic) bond motifs is 2. The molecule has 0 radical (unpaired) electrons. The first kappa shape index (κ1) is 18.1. The number of nitrogens with zero attached hydrogens (tertiary/aromatic N) is 3. The molecule has 3 heterocycles. The fraction of sp³-hybridized carbons (Fsp3) is 0.182. The number of imidazole rings is 1. The largest absolute Gasteiger partial charge is 0.496 e. The predicted molar refractivity (Wildman–Crippen MR) is 112 cm³/mol. The zero-order chi connectivity index (χ0) is 20.5. The average Bonchev–Trinajstić information content (AvgIpc) is 3.16. The fourth-order valence-corrected chi connectivity index (χ4v) is 3.52. The minimum absolute atomic E-state index is 0.527. The maximum absolute atomic E-state index is 5.72. The molecule has 1 aliphatic heterocycles. The summed E-state index contributed by atoms with van der Waals surface area (Å²) < 4.78 is 24.4. The molecule has 1 aliphatic rings. The monoisotopic (exact) mass is 404 g/mol. The van der Waals surface area contributed by atoms with Crippen molar-refractivity contribution in [2.45, 2.75) is 0 Å². The molecular formula is C22H20N4O4. The molecule has 4 aromatic rings. The molecule has 8 heteroatoms. The van der Waals surface area contributed by atoms with Crippen LogP contribution in [0.25, 0.3) is 17.0 Å². The van der Waals surface area contributed by atoms with Crippen LogP contribution in [0, 0.1) is 0 Å². The van der Waals surface area contributed by atoms with Crippen molar-refractivity contribution in [1.29, 1.82) is 0 Å². The Bertz CT molecular complexity index is 1200. The topological polar surface area (TPSA) is 79.1 Å². The molecule has 0 atom stereocenters. The molecule has 0 spiro atoms. The van der Waals surface area contributed by atoms with E-state index in [1.165, 1.54) is 0 Å². The fourth-order valence-electron chi connectivity index (χ4n) is 3.52. The van der Waals surface area contributed by atoms with Crippen LogP contribution in [0.5, 0.6) is 23.0 Å². The minimum atomic E-state index is 0.527. The van der Waals surface area contributed by atoms with Crippen molar-refractivity contribution >= 4 is 17.3 Å². The summed E-state index contributed by atoms with van der Waals surface area (Å²) in [6.45, 7) is 1.08. The first-order valence-corrected chi connectivity index (χ1v) is 9.49. The Morgan fingerprint density at radius 1 is 0.967 bits per heavy atom.